The Morgan fingerprint density at radius 1 is 1.52 bits per heavy atom. The molecule has 1 spiro atoms. The summed E-state index contributed by atoms with van der Waals surface area (Å²) in [7, 11) is 0. The quantitative estimate of drug-likeness (QED) is 0.816. The number of hydrogen-bond acceptors (Lipinski definition) is 5. The predicted molar refractivity (Wildman–Crippen MR) is 89.8 cm³/mol. The first-order chi connectivity index (χ1) is 11.9. The summed E-state index contributed by atoms with van der Waals surface area (Å²) in [6, 6.07) is 1.73. The summed E-state index contributed by atoms with van der Waals surface area (Å²) in [5.74, 6) is 0.424. The van der Waals surface area contributed by atoms with Crippen molar-refractivity contribution in [1.82, 2.24) is 10.5 Å². The van der Waals surface area contributed by atoms with Crippen LogP contribution in [0.4, 0.5) is 5.82 Å². The highest BCUT2D eigenvalue weighted by atomic mass is 16.5. The number of nitrogens with zero attached hydrogens (tertiary/aromatic N) is 2. The lowest BCUT2D eigenvalue weighted by Crippen LogP contribution is -2.44. The molecule has 2 saturated heterocycles. The second-order valence-corrected chi connectivity index (χ2v) is 7.59. The molecule has 1 aromatic heterocycles. The summed E-state index contributed by atoms with van der Waals surface area (Å²) in [4.78, 5) is 27.3. The smallest absolute Gasteiger partial charge is 0.235 e. The minimum absolute atomic E-state index is 0.103. The maximum absolute atomic E-state index is 13.0. The maximum Gasteiger partial charge on any atom is 0.235 e. The van der Waals surface area contributed by atoms with E-state index in [0.717, 1.165) is 6.42 Å². The van der Waals surface area contributed by atoms with Crippen molar-refractivity contribution >= 4 is 17.6 Å². The topological polar surface area (TPSA) is 84.7 Å². The highest BCUT2D eigenvalue weighted by Crippen LogP contribution is 2.52. The van der Waals surface area contributed by atoms with E-state index in [0.29, 0.717) is 30.6 Å². The lowest BCUT2D eigenvalue weighted by Gasteiger charge is -2.23. The van der Waals surface area contributed by atoms with Gasteiger partial charge in [0.25, 0.3) is 0 Å². The Morgan fingerprint density at radius 3 is 3.00 bits per heavy atom. The fourth-order valence-corrected chi connectivity index (χ4v) is 4.07. The Balaban J connectivity index is 1.55. The van der Waals surface area contributed by atoms with Gasteiger partial charge in [0.2, 0.25) is 11.8 Å². The zero-order valence-corrected chi connectivity index (χ0v) is 14.7. The molecule has 3 aliphatic rings. The number of aromatic nitrogens is 1. The average molecular weight is 345 g/mol. The molecule has 0 aromatic carbocycles. The van der Waals surface area contributed by atoms with Gasteiger partial charge in [0, 0.05) is 12.6 Å². The molecule has 0 aliphatic carbocycles. The monoisotopic (exact) mass is 345 g/mol. The van der Waals surface area contributed by atoms with Crippen LogP contribution in [0.5, 0.6) is 0 Å². The zero-order valence-electron chi connectivity index (χ0n) is 14.7. The second-order valence-electron chi connectivity index (χ2n) is 7.59. The molecule has 3 aliphatic heterocycles. The van der Waals surface area contributed by atoms with Crippen LogP contribution in [-0.2, 0) is 14.3 Å². The second kappa shape index (κ2) is 5.69. The van der Waals surface area contributed by atoms with Crippen LogP contribution in [0.1, 0.15) is 26.0 Å². The van der Waals surface area contributed by atoms with E-state index < -0.39 is 17.4 Å². The Bertz CT molecular complexity index is 740. The largest absolute Gasteiger partial charge is 0.360 e. The molecule has 2 bridgehead atoms. The van der Waals surface area contributed by atoms with Crippen molar-refractivity contribution < 1.29 is 18.8 Å². The predicted octanol–water partition coefficient (Wildman–Crippen LogP) is 1.43. The van der Waals surface area contributed by atoms with Crippen LogP contribution >= 0.6 is 0 Å². The van der Waals surface area contributed by atoms with Crippen molar-refractivity contribution in [2.75, 3.05) is 18.0 Å². The van der Waals surface area contributed by atoms with Gasteiger partial charge in [-0.3, -0.25) is 14.5 Å². The number of amides is 2. The van der Waals surface area contributed by atoms with Crippen LogP contribution in [0, 0.1) is 24.7 Å². The fraction of sp³-hybridized carbons (Fsp3) is 0.611. The number of rotatable bonds is 5. The third-order valence-electron chi connectivity index (χ3n) is 5.32. The number of anilines is 1. The third-order valence-corrected chi connectivity index (χ3v) is 5.32. The van der Waals surface area contributed by atoms with Crippen LogP contribution < -0.4 is 10.2 Å². The lowest BCUT2D eigenvalue weighted by atomic mass is 9.77. The summed E-state index contributed by atoms with van der Waals surface area (Å²) in [6.45, 7) is 6.99. The van der Waals surface area contributed by atoms with Crippen LogP contribution in [-0.4, -0.2) is 41.8 Å². The van der Waals surface area contributed by atoms with Crippen molar-refractivity contribution in [3.8, 4) is 0 Å². The van der Waals surface area contributed by atoms with Gasteiger partial charge in [-0.1, -0.05) is 31.2 Å². The molecule has 7 nitrogen and oxygen atoms in total. The number of ether oxygens (including phenoxy) is 1. The van der Waals surface area contributed by atoms with Crippen LogP contribution in [0.15, 0.2) is 22.7 Å². The van der Waals surface area contributed by atoms with Crippen molar-refractivity contribution in [2.24, 2.45) is 17.8 Å². The molecular formula is C18H23N3O4. The molecular weight excluding hydrogens is 322 g/mol. The summed E-state index contributed by atoms with van der Waals surface area (Å²) in [5, 5.41) is 6.91. The van der Waals surface area contributed by atoms with E-state index >= 15 is 0 Å². The summed E-state index contributed by atoms with van der Waals surface area (Å²) in [6.07, 6.45) is 4.43. The fourth-order valence-electron chi connectivity index (χ4n) is 4.07. The first-order valence-corrected chi connectivity index (χ1v) is 8.81. The molecule has 0 radical (unpaired) electrons. The Kier molecular flexibility index (Phi) is 3.72. The highest BCUT2D eigenvalue weighted by molar-refractivity contribution is 6.02. The zero-order chi connectivity index (χ0) is 17.8. The van der Waals surface area contributed by atoms with Crippen molar-refractivity contribution in [2.45, 2.75) is 38.9 Å². The van der Waals surface area contributed by atoms with E-state index in [1.54, 1.807) is 17.9 Å². The van der Waals surface area contributed by atoms with E-state index in [1.165, 1.54) is 0 Å². The van der Waals surface area contributed by atoms with E-state index in [4.69, 9.17) is 9.26 Å². The van der Waals surface area contributed by atoms with Gasteiger partial charge >= 0.3 is 0 Å². The number of carbonyl (C=O) groups excluding carboxylic acids is 2. The molecule has 25 heavy (non-hydrogen) atoms. The Labute approximate surface area is 146 Å². The minimum atomic E-state index is -0.728. The maximum atomic E-state index is 13.0. The average Bonchev–Trinajstić information content (AvgIpc) is 3.28. The first-order valence-electron chi connectivity index (χ1n) is 8.81. The van der Waals surface area contributed by atoms with Gasteiger partial charge in [0.1, 0.15) is 11.4 Å². The van der Waals surface area contributed by atoms with E-state index in [1.807, 2.05) is 12.2 Å². The molecule has 7 heteroatoms. The highest BCUT2D eigenvalue weighted by Gasteiger charge is 2.67. The number of nitrogens with one attached hydrogen (secondary N) is 1. The lowest BCUT2D eigenvalue weighted by molar-refractivity contribution is -0.131. The van der Waals surface area contributed by atoms with Gasteiger partial charge in [-0.2, -0.15) is 0 Å². The van der Waals surface area contributed by atoms with E-state index in [2.05, 4.69) is 24.3 Å². The number of hydrogen-bond donors (Lipinski definition) is 1. The van der Waals surface area contributed by atoms with Gasteiger partial charge in [-0.25, -0.2) is 0 Å². The SMILES string of the molecule is Cc1cc(N2CC34C=C[C@@H](O3)C(C(=O)NCCC(C)C)C4C2=O)no1. The Morgan fingerprint density at radius 2 is 2.32 bits per heavy atom. The molecule has 2 fully saturated rings. The van der Waals surface area contributed by atoms with Crippen LogP contribution in [0.3, 0.4) is 0 Å². The van der Waals surface area contributed by atoms with Gasteiger partial charge in [0.15, 0.2) is 5.82 Å². The van der Waals surface area contributed by atoms with Gasteiger partial charge in [-0.15, -0.1) is 0 Å². The summed E-state index contributed by atoms with van der Waals surface area (Å²) < 4.78 is 11.2. The molecule has 4 atom stereocenters. The van der Waals surface area contributed by atoms with Crippen LogP contribution in [0.25, 0.3) is 0 Å². The van der Waals surface area contributed by atoms with Crippen molar-refractivity contribution in [1.29, 1.82) is 0 Å². The normalized spacial score (nSPS) is 32.7. The van der Waals surface area contributed by atoms with E-state index in [-0.39, 0.29) is 17.9 Å². The standard InChI is InChI=1S/C18H23N3O4/c1-10(2)5-7-19-16(22)14-12-4-6-18(24-12)9-21(17(23)15(14)18)13-8-11(3)25-20-13/h4,6,8,10,12,14-15H,5,7,9H2,1-3H3,(H,19,22)/t12-,14?,15?,18?/m1/s1. The van der Waals surface area contributed by atoms with Gasteiger partial charge in [-0.05, 0) is 19.3 Å². The molecule has 0 saturated carbocycles. The van der Waals surface area contributed by atoms with E-state index in [9.17, 15) is 9.59 Å². The molecule has 134 valence electrons. The molecule has 2 amide bonds. The third kappa shape index (κ3) is 2.49. The Hall–Kier alpha value is -2.15. The number of fused-ring (bicyclic) bond motifs is 1. The first kappa shape index (κ1) is 16.3. The molecule has 1 aromatic rings. The van der Waals surface area contributed by atoms with Crippen LogP contribution in [0.2, 0.25) is 0 Å². The molecule has 4 heterocycles. The molecule has 1 N–H and O–H groups in total. The summed E-state index contributed by atoms with van der Waals surface area (Å²) >= 11 is 0. The molecule has 3 unspecified atom stereocenters. The minimum Gasteiger partial charge on any atom is -0.360 e. The number of carbonyl (C=O) groups is 2. The van der Waals surface area contributed by atoms with Crippen molar-refractivity contribution in [3.63, 3.8) is 0 Å². The van der Waals surface area contributed by atoms with Gasteiger partial charge in [0.05, 0.1) is 24.5 Å². The molecule has 4 rings (SSSR count). The summed E-state index contributed by atoms with van der Waals surface area (Å²) in [5.41, 5.74) is -0.728. The van der Waals surface area contributed by atoms with Crippen molar-refractivity contribution in [3.05, 3.63) is 24.0 Å². The van der Waals surface area contributed by atoms with Gasteiger partial charge < -0.3 is 14.6 Å². The number of aryl methyl sites for hydroxylation is 1.